The Bertz CT molecular complexity index is 901. The van der Waals surface area contributed by atoms with Crippen molar-refractivity contribution in [1.82, 2.24) is 0 Å². The molecule has 0 radical (unpaired) electrons. The van der Waals surface area contributed by atoms with Crippen molar-refractivity contribution in [2.45, 2.75) is 16.9 Å². The molecule has 1 fully saturated rings. The number of hydrogen-bond acceptors (Lipinski definition) is 2. The Hall–Kier alpha value is -2.58. The minimum Gasteiger partial charge on any atom is -0.294 e. The van der Waals surface area contributed by atoms with E-state index in [4.69, 9.17) is 0 Å². The molecule has 2 atom stereocenters. The Kier molecular flexibility index (Phi) is 5.03. The van der Waals surface area contributed by atoms with Gasteiger partial charge in [-0.05, 0) is 22.8 Å². The second kappa shape index (κ2) is 7.76. The van der Waals surface area contributed by atoms with Gasteiger partial charge in [0.1, 0.15) is 0 Å². The van der Waals surface area contributed by atoms with E-state index < -0.39 is 0 Å². The first kappa shape index (κ1) is 16.9. The smallest absolute Gasteiger partial charge is 0.161 e. The molecule has 0 aliphatic carbocycles. The maximum absolute atomic E-state index is 13.1. The van der Waals surface area contributed by atoms with Crippen molar-refractivity contribution in [2.24, 2.45) is 0 Å². The van der Waals surface area contributed by atoms with Gasteiger partial charge in [-0.1, -0.05) is 91.0 Å². The van der Waals surface area contributed by atoms with Gasteiger partial charge < -0.3 is 0 Å². The Morgan fingerprint density at radius 2 is 1.27 bits per heavy atom. The summed E-state index contributed by atoms with van der Waals surface area (Å²) in [4.78, 5) is 13.1. The summed E-state index contributed by atoms with van der Waals surface area (Å²) in [5.74, 6) is 0.246. The molecule has 2 heteroatoms. The van der Waals surface area contributed by atoms with Crippen LogP contribution in [0.2, 0.25) is 0 Å². The lowest BCUT2D eigenvalue weighted by Gasteiger charge is -2.31. The zero-order valence-corrected chi connectivity index (χ0v) is 15.2. The van der Waals surface area contributed by atoms with Crippen LogP contribution in [0.1, 0.15) is 33.6 Å². The fourth-order valence-electron chi connectivity index (χ4n) is 3.35. The van der Waals surface area contributed by atoms with Crippen LogP contribution in [-0.2, 0) is 4.79 Å². The molecule has 3 aromatic rings. The fourth-order valence-corrected chi connectivity index (χ4v) is 4.90. The van der Waals surface area contributed by atoms with E-state index >= 15 is 0 Å². The number of carbonyl (C=O) groups is 1. The first-order chi connectivity index (χ1) is 12.8. The van der Waals surface area contributed by atoms with Gasteiger partial charge in [-0.2, -0.15) is 0 Å². The molecular weight excluding hydrogens is 336 g/mol. The number of benzene rings is 3. The minimum atomic E-state index is 0.0582. The maximum Gasteiger partial charge on any atom is 0.161 e. The third-order valence-corrected chi connectivity index (χ3v) is 6.24. The van der Waals surface area contributed by atoms with Crippen molar-refractivity contribution < 1.29 is 4.79 Å². The molecule has 1 saturated heterocycles. The molecule has 1 aliphatic heterocycles. The van der Waals surface area contributed by atoms with Crippen molar-refractivity contribution in [3.8, 4) is 0 Å². The van der Waals surface area contributed by atoms with E-state index in [9.17, 15) is 4.79 Å². The van der Waals surface area contributed by atoms with Crippen LogP contribution in [0.25, 0.3) is 6.08 Å². The van der Waals surface area contributed by atoms with Crippen molar-refractivity contribution in [3.63, 3.8) is 0 Å². The monoisotopic (exact) mass is 356 g/mol. The molecule has 26 heavy (non-hydrogen) atoms. The first-order valence-electron chi connectivity index (χ1n) is 8.86. The second-order valence-corrected chi connectivity index (χ2v) is 7.78. The normalized spacial score (nSPS) is 21.7. The van der Waals surface area contributed by atoms with Gasteiger partial charge in [0.2, 0.25) is 0 Å². The van der Waals surface area contributed by atoms with E-state index in [0.717, 1.165) is 11.1 Å². The van der Waals surface area contributed by atoms with Gasteiger partial charge >= 0.3 is 0 Å². The highest BCUT2D eigenvalue weighted by Crippen LogP contribution is 2.51. The summed E-state index contributed by atoms with van der Waals surface area (Å²) in [6, 6.07) is 30.9. The van der Waals surface area contributed by atoms with Crippen molar-refractivity contribution in [3.05, 3.63) is 113 Å². The van der Waals surface area contributed by atoms with Crippen LogP contribution < -0.4 is 0 Å². The summed E-state index contributed by atoms with van der Waals surface area (Å²) < 4.78 is 0. The molecule has 0 bridgehead atoms. The molecule has 0 aromatic heterocycles. The summed E-state index contributed by atoms with van der Waals surface area (Å²) in [6.07, 6.45) is 2.62. The van der Waals surface area contributed by atoms with Crippen LogP contribution >= 0.6 is 11.8 Å². The third kappa shape index (κ3) is 3.66. The second-order valence-electron chi connectivity index (χ2n) is 6.46. The quantitative estimate of drug-likeness (QED) is 0.515. The lowest BCUT2D eigenvalue weighted by Crippen LogP contribution is -2.19. The van der Waals surface area contributed by atoms with E-state index in [2.05, 4.69) is 42.5 Å². The van der Waals surface area contributed by atoms with Crippen molar-refractivity contribution in [2.75, 3.05) is 0 Å². The molecule has 128 valence electrons. The Morgan fingerprint density at radius 1 is 0.731 bits per heavy atom. The van der Waals surface area contributed by atoms with Crippen LogP contribution in [0.5, 0.6) is 0 Å². The van der Waals surface area contributed by atoms with E-state index in [1.54, 1.807) is 0 Å². The van der Waals surface area contributed by atoms with Crippen LogP contribution in [0, 0.1) is 0 Å². The number of hydrogen-bond donors (Lipinski definition) is 0. The van der Waals surface area contributed by atoms with Gasteiger partial charge in [-0.25, -0.2) is 0 Å². The number of thioether (sulfide) groups is 1. The molecular formula is C24H20OS. The summed E-state index contributed by atoms with van der Waals surface area (Å²) >= 11 is 1.88. The predicted octanol–water partition coefficient (Wildman–Crippen LogP) is 6.26. The zero-order valence-electron chi connectivity index (χ0n) is 14.4. The lowest BCUT2D eigenvalue weighted by molar-refractivity contribution is -0.115. The van der Waals surface area contributed by atoms with Crippen LogP contribution in [0.15, 0.2) is 96.6 Å². The van der Waals surface area contributed by atoms with E-state index in [-0.39, 0.29) is 16.3 Å². The van der Waals surface area contributed by atoms with Crippen LogP contribution in [0.4, 0.5) is 0 Å². The molecule has 4 rings (SSSR count). The lowest BCUT2D eigenvalue weighted by atomic mass is 9.94. The fraction of sp³-hybridized carbons (Fsp3) is 0.125. The number of Topliss-reactive ketones (excluding diaryl/α,β-unsaturated/α-hetero) is 1. The van der Waals surface area contributed by atoms with E-state index in [0.29, 0.717) is 6.42 Å². The number of carbonyl (C=O) groups excluding carboxylic acids is 1. The maximum atomic E-state index is 13.1. The molecule has 0 amide bonds. The highest BCUT2D eigenvalue weighted by Gasteiger charge is 2.34. The van der Waals surface area contributed by atoms with Gasteiger partial charge in [0.25, 0.3) is 0 Å². The van der Waals surface area contributed by atoms with Gasteiger partial charge in [0.05, 0.1) is 5.25 Å². The predicted molar refractivity (Wildman–Crippen MR) is 110 cm³/mol. The summed E-state index contributed by atoms with van der Waals surface area (Å²) in [6.45, 7) is 0. The largest absolute Gasteiger partial charge is 0.294 e. The van der Waals surface area contributed by atoms with E-state index in [1.165, 1.54) is 11.1 Å². The molecule has 0 spiro atoms. The molecule has 0 N–H and O–H groups in total. The SMILES string of the molecule is O=C1CC(c2ccccc2)SC(c2ccccc2)/C1=C/c1ccccc1. The van der Waals surface area contributed by atoms with Crippen molar-refractivity contribution in [1.29, 1.82) is 0 Å². The topological polar surface area (TPSA) is 17.1 Å². The highest BCUT2D eigenvalue weighted by atomic mass is 32.2. The number of rotatable bonds is 3. The van der Waals surface area contributed by atoms with Gasteiger partial charge in [0, 0.05) is 17.2 Å². The average Bonchev–Trinajstić information content (AvgIpc) is 2.71. The summed E-state index contributed by atoms with van der Waals surface area (Å²) in [5.41, 5.74) is 4.40. The first-order valence-corrected chi connectivity index (χ1v) is 9.81. The molecule has 1 aliphatic rings. The van der Waals surface area contributed by atoms with Gasteiger partial charge in [0.15, 0.2) is 5.78 Å². The zero-order chi connectivity index (χ0) is 17.8. The van der Waals surface area contributed by atoms with Crippen LogP contribution in [-0.4, -0.2) is 5.78 Å². The van der Waals surface area contributed by atoms with Crippen molar-refractivity contribution >= 4 is 23.6 Å². The summed E-state index contributed by atoms with van der Waals surface area (Å²) in [7, 11) is 0. The third-order valence-electron chi connectivity index (χ3n) is 4.67. The standard InChI is InChI=1S/C24H20OS/c25-22-17-23(19-12-6-2-7-13-19)26-24(20-14-8-3-9-15-20)21(22)16-18-10-4-1-5-11-18/h1-16,23-24H,17H2/b21-16+. The van der Waals surface area contributed by atoms with Crippen LogP contribution in [0.3, 0.4) is 0 Å². The summed E-state index contributed by atoms with van der Waals surface area (Å²) in [5, 5.41) is 0.254. The average molecular weight is 356 g/mol. The Labute approximate surface area is 158 Å². The molecule has 1 nitrogen and oxygen atoms in total. The minimum absolute atomic E-state index is 0.0582. The Balaban J connectivity index is 1.74. The highest BCUT2D eigenvalue weighted by molar-refractivity contribution is 8.00. The molecule has 2 unspecified atom stereocenters. The molecule has 0 saturated carbocycles. The number of ketones is 1. The molecule has 1 heterocycles. The van der Waals surface area contributed by atoms with E-state index in [1.807, 2.05) is 66.4 Å². The Morgan fingerprint density at radius 3 is 1.88 bits per heavy atom. The van der Waals surface area contributed by atoms with Gasteiger partial charge in [-0.3, -0.25) is 4.79 Å². The van der Waals surface area contributed by atoms with Gasteiger partial charge in [-0.15, -0.1) is 11.8 Å². The molecule has 3 aromatic carbocycles.